The van der Waals surface area contributed by atoms with E-state index >= 15 is 0 Å². The highest BCUT2D eigenvalue weighted by atomic mass is 19.1. The second-order valence-electron chi connectivity index (χ2n) is 8.20. The second-order valence-corrected chi connectivity index (χ2v) is 8.20. The Morgan fingerprint density at radius 1 is 1.19 bits per heavy atom. The monoisotopic (exact) mass is 426 g/mol. The predicted octanol–water partition coefficient (Wildman–Crippen LogP) is 3.18. The van der Waals surface area contributed by atoms with Gasteiger partial charge in [-0.3, -0.25) is 10.1 Å². The number of para-hydroxylation sites is 1. The number of aromatic nitrogens is 3. The van der Waals surface area contributed by atoms with Crippen LogP contribution in [-0.2, 0) is 17.7 Å². The van der Waals surface area contributed by atoms with E-state index in [1.165, 1.54) is 12.4 Å². The Hall–Kier alpha value is -3.27. The Kier molecular flexibility index (Phi) is 4.73. The van der Waals surface area contributed by atoms with Gasteiger partial charge in [-0.2, -0.15) is 0 Å². The molecule has 0 spiro atoms. The molecule has 31 heavy (non-hydrogen) atoms. The summed E-state index contributed by atoms with van der Waals surface area (Å²) in [5.74, 6) is 0.301. The minimum Gasteiger partial charge on any atom is -0.372 e. The lowest BCUT2D eigenvalue weighted by Crippen LogP contribution is -2.46. The molecule has 5 rings (SSSR count). The number of fused-ring (bicyclic) bond motifs is 3. The lowest BCUT2D eigenvalue weighted by molar-refractivity contribution is -0.383. The summed E-state index contributed by atoms with van der Waals surface area (Å²) in [6.45, 7) is 5.87. The van der Waals surface area contributed by atoms with Gasteiger partial charge in [0.15, 0.2) is 0 Å². The van der Waals surface area contributed by atoms with Crippen molar-refractivity contribution in [2.24, 2.45) is 0 Å². The number of halogens is 1. The van der Waals surface area contributed by atoms with Crippen LogP contribution in [0.15, 0.2) is 24.5 Å². The normalized spacial score (nSPS) is 21.4. The molecule has 2 aromatic heterocycles. The van der Waals surface area contributed by atoms with Crippen LogP contribution in [0.5, 0.6) is 0 Å². The number of nitro groups is 1. The van der Waals surface area contributed by atoms with Crippen molar-refractivity contribution in [3.63, 3.8) is 0 Å². The first-order chi connectivity index (χ1) is 14.9. The molecular formula is C21H23FN6O3. The standard InChI is InChI=1S/C21H23FN6O3/c1-12-8-27(9-13(2)31-12)21-19(28(29)30)20(23-11-24-21)26-7-6-17-15(10-26)14-4-3-5-16(22)18(14)25-17/h3-5,11-13,25H,6-10H2,1-2H3. The largest absolute Gasteiger partial charge is 0.372 e. The van der Waals surface area contributed by atoms with Gasteiger partial charge < -0.3 is 19.5 Å². The summed E-state index contributed by atoms with van der Waals surface area (Å²) < 4.78 is 20.0. The number of morpholine rings is 1. The van der Waals surface area contributed by atoms with E-state index in [1.54, 1.807) is 6.07 Å². The molecule has 9 nitrogen and oxygen atoms in total. The van der Waals surface area contributed by atoms with Crippen molar-refractivity contribution >= 4 is 28.2 Å². The van der Waals surface area contributed by atoms with E-state index in [1.807, 2.05) is 29.7 Å². The van der Waals surface area contributed by atoms with Crippen molar-refractivity contribution in [3.8, 4) is 0 Å². The summed E-state index contributed by atoms with van der Waals surface area (Å²) >= 11 is 0. The van der Waals surface area contributed by atoms with E-state index in [0.717, 1.165) is 16.6 Å². The van der Waals surface area contributed by atoms with Crippen LogP contribution in [0.3, 0.4) is 0 Å². The third-order valence-electron chi connectivity index (χ3n) is 5.94. The fourth-order valence-electron chi connectivity index (χ4n) is 4.72. The van der Waals surface area contributed by atoms with Crippen LogP contribution in [0.2, 0.25) is 0 Å². The van der Waals surface area contributed by atoms with Crippen LogP contribution in [-0.4, -0.2) is 51.7 Å². The molecule has 0 amide bonds. The number of benzene rings is 1. The zero-order valence-electron chi connectivity index (χ0n) is 17.3. The number of nitrogens with zero attached hydrogens (tertiary/aromatic N) is 5. The van der Waals surface area contributed by atoms with E-state index in [-0.39, 0.29) is 23.7 Å². The molecule has 2 unspecified atom stereocenters. The second kappa shape index (κ2) is 7.45. The SMILES string of the molecule is CC1CN(c2ncnc(N3CCc4[nH]c5c(F)cccc5c4C3)c2[N+](=O)[O-])CC(C)O1. The highest BCUT2D eigenvalue weighted by molar-refractivity contribution is 5.86. The number of hydrogen-bond acceptors (Lipinski definition) is 7. The van der Waals surface area contributed by atoms with Crippen molar-refractivity contribution in [2.45, 2.75) is 39.0 Å². The Morgan fingerprint density at radius 2 is 1.90 bits per heavy atom. The molecule has 4 heterocycles. The average Bonchev–Trinajstić information content (AvgIpc) is 3.12. The summed E-state index contributed by atoms with van der Waals surface area (Å²) in [7, 11) is 0. The maximum atomic E-state index is 14.2. The Balaban J connectivity index is 1.55. The van der Waals surface area contributed by atoms with Crippen molar-refractivity contribution in [2.75, 3.05) is 29.4 Å². The summed E-state index contributed by atoms with van der Waals surface area (Å²) in [6, 6.07) is 4.97. The Morgan fingerprint density at radius 3 is 2.61 bits per heavy atom. The summed E-state index contributed by atoms with van der Waals surface area (Å²) in [6.07, 6.45) is 1.89. The molecule has 0 aliphatic carbocycles. The average molecular weight is 426 g/mol. The van der Waals surface area contributed by atoms with Crippen LogP contribution in [0.25, 0.3) is 10.9 Å². The number of rotatable bonds is 3. The zero-order valence-corrected chi connectivity index (χ0v) is 17.3. The molecule has 162 valence electrons. The fraction of sp³-hybridized carbons (Fsp3) is 0.429. The fourth-order valence-corrected chi connectivity index (χ4v) is 4.72. The van der Waals surface area contributed by atoms with Gasteiger partial charge in [0.05, 0.1) is 22.6 Å². The zero-order chi connectivity index (χ0) is 21.7. The number of nitrogens with one attached hydrogen (secondary N) is 1. The molecule has 0 saturated carbocycles. The molecule has 2 aliphatic heterocycles. The van der Waals surface area contributed by atoms with Gasteiger partial charge in [-0.15, -0.1) is 0 Å². The van der Waals surface area contributed by atoms with Crippen molar-refractivity contribution in [1.29, 1.82) is 0 Å². The van der Waals surface area contributed by atoms with Crippen molar-refractivity contribution in [1.82, 2.24) is 15.0 Å². The van der Waals surface area contributed by atoms with E-state index in [0.29, 0.717) is 49.8 Å². The maximum absolute atomic E-state index is 14.2. The lowest BCUT2D eigenvalue weighted by atomic mass is 10.0. The maximum Gasteiger partial charge on any atom is 0.353 e. The summed E-state index contributed by atoms with van der Waals surface area (Å²) in [5, 5.41) is 12.9. The smallest absolute Gasteiger partial charge is 0.353 e. The van der Waals surface area contributed by atoms with Gasteiger partial charge in [-0.25, -0.2) is 14.4 Å². The van der Waals surface area contributed by atoms with Crippen LogP contribution in [0.4, 0.5) is 21.7 Å². The van der Waals surface area contributed by atoms with E-state index in [4.69, 9.17) is 4.74 Å². The molecule has 2 atom stereocenters. The first-order valence-corrected chi connectivity index (χ1v) is 10.3. The topological polar surface area (TPSA) is 100 Å². The minimum atomic E-state index is -0.403. The van der Waals surface area contributed by atoms with Gasteiger partial charge >= 0.3 is 5.69 Å². The molecule has 1 fully saturated rings. The molecule has 0 bridgehead atoms. The van der Waals surface area contributed by atoms with Gasteiger partial charge in [-0.05, 0) is 19.9 Å². The van der Waals surface area contributed by atoms with Crippen LogP contribution in [0.1, 0.15) is 25.1 Å². The van der Waals surface area contributed by atoms with Crippen LogP contribution < -0.4 is 9.80 Å². The van der Waals surface area contributed by atoms with E-state index in [9.17, 15) is 14.5 Å². The van der Waals surface area contributed by atoms with E-state index in [2.05, 4.69) is 15.0 Å². The third-order valence-corrected chi connectivity index (χ3v) is 5.94. The summed E-state index contributed by atoms with van der Waals surface area (Å²) in [5.41, 5.74) is 2.29. The first-order valence-electron chi connectivity index (χ1n) is 10.3. The molecule has 1 aromatic carbocycles. The first kappa shape index (κ1) is 19.7. The molecule has 0 radical (unpaired) electrons. The molecule has 1 saturated heterocycles. The predicted molar refractivity (Wildman–Crippen MR) is 114 cm³/mol. The van der Waals surface area contributed by atoms with Gasteiger partial charge in [-0.1, -0.05) is 12.1 Å². The highest BCUT2D eigenvalue weighted by Gasteiger charge is 2.35. The molecule has 1 N–H and O–H groups in total. The summed E-state index contributed by atoms with van der Waals surface area (Å²) in [4.78, 5) is 27.3. The molecule has 3 aromatic rings. The minimum absolute atomic E-state index is 0.0552. The van der Waals surface area contributed by atoms with Crippen LogP contribution >= 0.6 is 0 Å². The number of ether oxygens (including phenoxy) is 1. The van der Waals surface area contributed by atoms with E-state index < -0.39 is 4.92 Å². The molecule has 2 aliphatic rings. The highest BCUT2D eigenvalue weighted by Crippen LogP contribution is 2.38. The molecule has 10 heteroatoms. The van der Waals surface area contributed by atoms with Crippen LogP contribution in [0, 0.1) is 15.9 Å². The number of H-pyrrole nitrogens is 1. The van der Waals surface area contributed by atoms with Gasteiger partial charge in [0.2, 0.25) is 11.6 Å². The van der Waals surface area contributed by atoms with Crippen molar-refractivity contribution in [3.05, 3.63) is 51.7 Å². The van der Waals surface area contributed by atoms with Crippen molar-refractivity contribution < 1.29 is 14.1 Å². The van der Waals surface area contributed by atoms with Gasteiger partial charge in [0.25, 0.3) is 0 Å². The quantitative estimate of drug-likeness (QED) is 0.507. The number of anilines is 2. The van der Waals surface area contributed by atoms with Gasteiger partial charge in [0.1, 0.15) is 12.1 Å². The number of aromatic amines is 1. The Bertz CT molecular complexity index is 1160. The molecular weight excluding hydrogens is 403 g/mol. The lowest BCUT2D eigenvalue weighted by Gasteiger charge is -2.36. The Labute approximate surface area is 178 Å². The number of hydrogen-bond donors (Lipinski definition) is 1. The van der Waals surface area contributed by atoms with Gasteiger partial charge in [0, 0.05) is 49.2 Å². The third kappa shape index (κ3) is 3.36.